The van der Waals surface area contributed by atoms with Gasteiger partial charge in [-0.2, -0.15) is 4.98 Å². The number of benzene rings is 1. The molecule has 3 aromatic heterocycles. The minimum atomic E-state index is -0.462. The second kappa shape index (κ2) is 7.12. The summed E-state index contributed by atoms with van der Waals surface area (Å²) >= 11 is 0. The van der Waals surface area contributed by atoms with Gasteiger partial charge in [0.15, 0.2) is 11.2 Å². The van der Waals surface area contributed by atoms with Crippen LogP contribution in [0.15, 0.2) is 46.1 Å². The van der Waals surface area contributed by atoms with Gasteiger partial charge in [0.25, 0.3) is 5.56 Å². The number of nitrogens with one attached hydrogen (secondary N) is 1. The first-order valence-corrected chi connectivity index (χ1v) is 9.53. The number of imidazole rings is 2. The number of aromatic amines is 1. The third-order valence-corrected chi connectivity index (χ3v) is 5.32. The molecule has 0 fully saturated rings. The molecule has 0 aliphatic rings. The van der Waals surface area contributed by atoms with Gasteiger partial charge in [-0.25, -0.2) is 4.79 Å². The molecule has 0 bridgehead atoms. The monoisotopic (exact) mass is 380 g/mol. The Morgan fingerprint density at radius 2 is 1.82 bits per heavy atom. The number of hydrogen-bond donors (Lipinski definition) is 1. The number of aromatic nitrogens is 5. The Balaban J connectivity index is 1.97. The van der Waals surface area contributed by atoms with Gasteiger partial charge in [0, 0.05) is 26.3 Å². The lowest BCUT2D eigenvalue weighted by Crippen LogP contribution is -2.28. The van der Waals surface area contributed by atoms with E-state index in [2.05, 4.69) is 33.3 Å². The predicted molar refractivity (Wildman–Crippen MR) is 110 cm³/mol. The van der Waals surface area contributed by atoms with Gasteiger partial charge in [-0.15, -0.1) is 0 Å². The van der Waals surface area contributed by atoms with E-state index in [1.165, 1.54) is 4.57 Å². The molecule has 0 radical (unpaired) electrons. The van der Waals surface area contributed by atoms with Crippen LogP contribution in [0, 0.1) is 0 Å². The van der Waals surface area contributed by atoms with E-state index in [9.17, 15) is 9.59 Å². The summed E-state index contributed by atoms with van der Waals surface area (Å²) in [6.07, 6.45) is 1.93. The molecule has 0 aliphatic heterocycles. The number of H-pyrrole nitrogens is 1. The van der Waals surface area contributed by atoms with Gasteiger partial charge < -0.3 is 9.47 Å². The summed E-state index contributed by atoms with van der Waals surface area (Å²) in [6, 6.07) is 10.1. The summed E-state index contributed by atoms with van der Waals surface area (Å²) < 4.78 is 5.29. The quantitative estimate of drug-likeness (QED) is 0.552. The van der Waals surface area contributed by atoms with Crippen LogP contribution in [0.4, 0.5) is 0 Å². The maximum absolute atomic E-state index is 12.5. The normalized spacial score (nSPS) is 11.9. The molecule has 0 atom stereocenters. The second-order valence-corrected chi connectivity index (χ2v) is 6.83. The standard InChI is InChI=1S/C20H24N6O2/c1-4-24(5-2)11-12-25-15(14-9-7-6-8-10-14)13-26-16-17(21-19(25)26)23(3)20(28)22-18(16)27/h6-10,13H,4-5,11-12H2,1-3H3,(H,22,27,28). The van der Waals surface area contributed by atoms with Crippen molar-refractivity contribution in [3.63, 3.8) is 0 Å². The number of aryl methyl sites for hydroxylation is 1. The van der Waals surface area contributed by atoms with Crippen molar-refractivity contribution < 1.29 is 0 Å². The molecule has 0 amide bonds. The Hall–Kier alpha value is -3.13. The molecule has 1 aromatic carbocycles. The maximum Gasteiger partial charge on any atom is 0.329 e. The first-order chi connectivity index (χ1) is 13.5. The van der Waals surface area contributed by atoms with Crippen LogP contribution >= 0.6 is 0 Å². The summed E-state index contributed by atoms with van der Waals surface area (Å²) in [4.78, 5) is 33.8. The third kappa shape index (κ3) is 2.86. The molecule has 8 nitrogen and oxygen atoms in total. The van der Waals surface area contributed by atoms with Gasteiger partial charge >= 0.3 is 5.69 Å². The molecule has 146 valence electrons. The van der Waals surface area contributed by atoms with Crippen LogP contribution in [-0.4, -0.2) is 48.0 Å². The Morgan fingerprint density at radius 1 is 1.11 bits per heavy atom. The summed E-state index contributed by atoms with van der Waals surface area (Å²) in [5.74, 6) is 0.660. The highest BCUT2D eigenvalue weighted by molar-refractivity contribution is 5.77. The van der Waals surface area contributed by atoms with E-state index in [1.807, 2.05) is 36.5 Å². The van der Waals surface area contributed by atoms with Gasteiger partial charge in [0.1, 0.15) is 0 Å². The van der Waals surface area contributed by atoms with E-state index in [-0.39, 0.29) is 0 Å². The Labute approximate surface area is 161 Å². The molecule has 8 heteroatoms. The fourth-order valence-electron chi connectivity index (χ4n) is 3.64. The van der Waals surface area contributed by atoms with Crippen molar-refractivity contribution in [1.82, 2.24) is 28.4 Å². The van der Waals surface area contributed by atoms with Crippen molar-refractivity contribution in [3.8, 4) is 11.3 Å². The maximum atomic E-state index is 12.5. The number of hydrogen-bond acceptors (Lipinski definition) is 4. The Bertz CT molecular complexity index is 1240. The van der Waals surface area contributed by atoms with Crippen molar-refractivity contribution in [3.05, 3.63) is 57.4 Å². The van der Waals surface area contributed by atoms with Crippen molar-refractivity contribution in [2.24, 2.45) is 7.05 Å². The lowest BCUT2D eigenvalue weighted by molar-refractivity contribution is 0.292. The van der Waals surface area contributed by atoms with E-state index in [4.69, 9.17) is 0 Å². The van der Waals surface area contributed by atoms with E-state index >= 15 is 0 Å². The molecule has 28 heavy (non-hydrogen) atoms. The van der Waals surface area contributed by atoms with Crippen LogP contribution in [0.5, 0.6) is 0 Å². The third-order valence-electron chi connectivity index (χ3n) is 5.32. The Kier molecular flexibility index (Phi) is 4.64. The highest BCUT2D eigenvalue weighted by Gasteiger charge is 2.19. The number of rotatable bonds is 6. The Morgan fingerprint density at radius 3 is 2.50 bits per heavy atom. The van der Waals surface area contributed by atoms with Crippen LogP contribution in [0.1, 0.15) is 13.8 Å². The molecule has 3 heterocycles. The molecule has 0 unspecified atom stereocenters. The minimum absolute atomic E-state index is 0.385. The van der Waals surface area contributed by atoms with E-state index < -0.39 is 11.2 Å². The van der Waals surface area contributed by atoms with Crippen molar-refractivity contribution >= 4 is 16.9 Å². The predicted octanol–water partition coefficient (Wildman–Crippen LogP) is 1.68. The van der Waals surface area contributed by atoms with Crippen LogP contribution < -0.4 is 11.2 Å². The van der Waals surface area contributed by atoms with Gasteiger partial charge in [-0.1, -0.05) is 44.2 Å². The lowest BCUT2D eigenvalue weighted by Gasteiger charge is -2.19. The molecule has 1 N–H and O–H groups in total. The molecule has 0 saturated carbocycles. The zero-order valence-electron chi connectivity index (χ0n) is 16.3. The fourth-order valence-corrected chi connectivity index (χ4v) is 3.64. The molecule has 4 aromatic rings. The highest BCUT2D eigenvalue weighted by Crippen LogP contribution is 2.25. The molecule has 4 rings (SSSR count). The van der Waals surface area contributed by atoms with Crippen molar-refractivity contribution in [2.45, 2.75) is 20.4 Å². The zero-order chi connectivity index (χ0) is 19.8. The van der Waals surface area contributed by atoms with Gasteiger partial charge in [-0.3, -0.25) is 18.7 Å². The average Bonchev–Trinajstić information content (AvgIpc) is 3.24. The summed E-state index contributed by atoms with van der Waals surface area (Å²) in [5, 5.41) is 0. The molecule has 0 saturated heterocycles. The smallest absolute Gasteiger partial charge is 0.308 e. The topological polar surface area (TPSA) is 80.3 Å². The van der Waals surface area contributed by atoms with Crippen LogP contribution in [0.25, 0.3) is 28.2 Å². The van der Waals surface area contributed by atoms with Gasteiger partial charge in [-0.05, 0) is 18.7 Å². The van der Waals surface area contributed by atoms with Crippen LogP contribution in [-0.2, 0) is 13.6 Å². The van der Waals surface area contributed by atoms with E-state index in [0.29, 0.717) is 16.9 Å². The summed E-state index contributed by atoms with van der Waals surface area (Å²) in [6.45, 7) is 7.84. The highest BCUT2D eigenvalue weighted by atomic mass is 16.2. The first-order valence-electron chi connectivity index (χ1n) is 9.53. The number of fused-ring (bicyclic) bond motifs is 3. The van der Waals surface area contributed by atoms with Crippen LogP contribution in [0.3, 0.4) is 0 Å². The number of nitrogens with zero attached hydrogens (tertiary/aromatic N) is 5. The fraction of sp³-hybridized carbons (Fsp3) is 0.350. The summed E-state index contributed by atoms with van der Waals surface area (Å²) in [7, 11) is 1.62. The first kappa shape index (κ1) is 18.2. The zero-order valence-corrected chi connectivity index (χ0v) is 16.3. The minimum Gasteiger partial charge on any atom is -0.308 e. The lowest BCUT2D eigenvalue weighted by atomic mass is 10.2. The summed E-state index contributed by atoms with van der Waals surface area (Å²) in [5.41, 5.74) is 1.94. The molecule has 0 aliphatic carbocycles. The molecular weight excluding hydrogens is 356 g/mol. The van der Waals surface area contributed by atoms with Gasteiger partial charge in [0.05, 0.1) is 5.69 Å². The van der Waals surface area contributed by atoms with E-state index in [0.717, 1.165) is 37.4 Å². The van der Waals surface area contributed by atoms with Gasteiger partial charge in [0.2, 0.25) is 5.78 Å². The molecule has 0 spiro atoms. The van der Waals surface area contributed by atoms with E-state index in [1.54, 1.807) is 11.4 Å². The SMILES string of the molecule is CCN(CC)CCn1c(-c2ccccc2)cn2c3c(=O)[nH]c(=O)n(C)c3nc12. The van der Waals surface area contributed by atoms with Crippen molar-refractivity contribution in [1.29, 1.82) is 0 Å². The average molecular weight is 380 g/mol. The van der Waals surface area contributed by atoms with Crippen LogP contribution in [0.2, 0.25) is 0 Å². The number of likely N-dealkylation sites (N-methyl/N-ethyl adjacent to an activating group) is 1. The second-order valence-electron chi connectivity index (χ2n) is 6.83. The largest absolute Gasteiger partial charge is 0.329 e. The molecular formula is C20H24N6O2. The van der Waals surface area contributed by atoms with Crippen molar-refractivity contribution in [2.75, 3.05) is 19.6 Å².